The van der Waals surface area contributed by atoms with E-state index in [1.54, 1.807) is 18.2 Å². The van der Waals surface area contributed by atoms with Crippen LogP contribution >= 0.6 is 0 Å². The normalized spacial score (nSPS) is 13.7. The summed E-state index contributed by atoms with van der Waals surface area (Å²) in [6.07, 6.45) is 2.92. The largest absolute Gasteiger partial charge is 0.384 e. The fraction of sp³-hybridized carbons (Fsp3) is 0.333. The Labute approximate surface area is 89.7 Å². The van der Waals surface area contributed by atoms with E-state index >= 15 is 0 Å². The molecule has 82 valence electrons. The number of nitrogens with zero attached hydrogens (tertiary/aromatic N) is 1. The van der Waals surface area contributed by atoms with Crippen molar-refractivity contribution in [2.24, 2.45) is 0 Å². The van der Waals surface area contributed by atoms with Gasteiger partial charge < -0.3 is 10.0 Å². The number of likely N-dealkylation sites (N-methyl/N-ethyl adjacent to an activating group) is 1. The monoisotopic (exact) mass is 209 g/mol. The van der Waals surface area contributed by atoms with E-state index in [0.717, 1.165) is 6.54 Å². The Bertz CT molecular complexity index is 319. The molecule has 0 saturated carbocycles. The van der Waals surface area contributed by atoms with Gasteiger partial charge in [-0.15, -0.1) is 0 Å². The number of halogens is 1. The number of aliphatic hydroxyl groups is 1. The van der Waals surface area contributed by atoms with Gasteiger partial charge in [-0.3, -0.25) is 0 Å². The average Bonchev–Trinajstić information content (AvgIpc) is 2.18. The lowest BCUT2D eigenvalue weighted by molar-refractivity contribution is 0.228. The number of benzene rings is 1. The van der Waals surface area contributed by atoms with Gasteiger partial charge in [0.1, 0.15) is 5.82 Å². The molecule has 2 nitrogen and oxygen atoms in total. The lowest BCUT2D eigenvalue weighted by Gasteiger charge is -2.07. The van der Waals surface area contributed by atoms with Gasteiger partial charge >= 0.3 is 0 Å². The van der Waals surface area contributed by atoms with Crippen molar-refractivity contribution in [1.82, 2.24) is 4.90 Å². The highest BCUT2D eigenvalue weighted by Crippen LogP contribution is 2.14. The maximum atomic E-state index is 12.6. The van der Waals surface area contributed by atoms with E-state index < -0.39 is 6.10 Å². The summed E-state index contributed by atoms with van der Waals surface area (Å²) in [5, 5.41) is 9.70. The van der Waals surface area contributed by atoms with E-state index in [0.29, 0.717) is 5.56 Å². The van der Waals surface area contributed by atoms with Crippen molar-refractivity contribution in [2.45, 2.75) is 6.10 Å². The first-order valence-corrected chi connectivity index (χ1v) is 4.84. The molecule has 15 heavy (non-hydrogen) atoms. The lowest BCUT2D eigenvalue weighted by atomic mass is 10.1. The number of hydrogen-bond acceptors (Lipinski definition) is 2. The molecular weight excluding hydrogens is 193 g/mol. The minimum absolute atomic E-state index is 0.289. The van der Waals surface area contributed by atoms with Crippen molar-refractivity contribution >= 4 is 0 Å². The van der Waals surface area contributed by atoms with Crippen LogP contribution < -0.4 is 0 Å². The first-order chi connectivity index (χ1) is 7.09. The molecule has 0 radical (unpaired) electrons. The summed E-state index contributed by atoms with van der Waals surface area (Å²) >= 11 is 0. The first-order valence-electron chi connectivity index (χ1n) is 4.84. The van der Waals surface area contributed by atoms with Crippen LogP contribution in [0.2, 0.25) is 0 Å². The van der Waals surface area contributed by atoms with Gasteiger partial charge in [0.05, 0.1) is 6.10 Å². The quantitative estimate of drug-likeness (QED) is 0.766. The van der Waals surface area contributed by atoms with E-state index in [-0.39, 0.29) is 5.82 Å². The van der Waals surface area contributed by atoms with Crippen LogP contribution in [0.1, 0.15) is 11.7 Å². The van der Waals surface area contributed by atoms with Gasteiger partial charge in [0, 0.05) is 6.54 Å². The second kappa shape index (κ2) is 5.63. The molecule has 1 aromatic carbocycles. The van der Waals surface area contributed by atoms with Crippen LogP contribution in [0.3, 0.4) is 0 Å². The van der Waals surface area contributed by atoms with Gasteiger partial charge in [0.25, 0.3) is 0 Å². The fourth-order valence-electron chi connectivity index (χ4n) is 1.17. The molecule has 0 saturated heterocycles. The van der Waals surface area contributed by atoms with Crippen LogP contribution in [0.15, 0.2) is 36.4 Å². The predicted molar refractivity (Wildman–Crippen MR) is 59.1 cm³/mol. The Kier molecular flexibility index (Phi) is 4.46. The highest BCUT2D eigenvalue weighted by Gasteiger charge is 2.02. The summed E-state index contributed by atoms with van der Waals surface area (Å²) in [5.41, 5.74) is 0.700. The van der Waals surface area contributed by atoms with Gasteiger partial charge in [-0.2, -0.15) is 0 Å². The SMILES string of the molecule is CN(C)CC=CC(O)c1ccc(F)cc1. The zero-order valence-electron chi connectivity index (χ0n) is 9.02. The first kappa shape index (κ1) is 11.9. The number of rotatable bonds is 4. The zero-order valence-corrected chi connectivity index (χ0v) is 9.02. The molecule has 1 N–H and O–H groups in total. The standard InChI is InChI=1S/C12H16FNO/c1-14(2)9-3-4-12(15)10-5-7-11(13)8-6-10/h3-8,12,15H,9H2,1-2H3. The third-order valence-corrected chi connectivity index (χ3v) is 2.00. The zero-order chi connectivity index (χ0) is 11.3. The molecule has 1 atom stereocenters. The molecule has 1 rings (SSSR count). The van der Waals surface area contributed by atoms with Gasteiger partial charge in [-0.1, -0.05) is 24.3 Å². The summed E-state index contributed by atoms with van der Waals surface area (Å²) in [4.78, 5) is 1.99. The van der Waals surface area contributed by atoms with Gasteiger partial charge in [-0.25, -0.2) is 4.39 Å². The summed E-state index contributed by atoms with van der Waals surface area (Å²) < 4.78 is 12.6. The highest BCUT2D eigenvalue weighted by atomic mass is 19.1. The molecule has 0 aliphatic heterocycles. The second-order valence-electron chi connectivity index (χ2n) is 3.69. The molecular formula is C12H16FNO. The van der Waals surface area contributed by atoms with Crippen LogP contribution in [0.25, 0.3) is 0 Å². The van der Waals surface area contributed by atoms with Gasteiger partial charge in [-0.05, 0) is 31.8 Å². The van der Waals surface area contributed by atoms with Crippen molar-refractivity contribution in [3.8, 4) is 0 Å². The van der Waals surface area contributed by atoms with E-state index in [1.165, 1.54) is 12.1 Å². The van der Waals surface area contributed by atoms with Crippen LogP contribution in [-0.4, -0.2) is 30.6 Å². The Morgan fingerprint density at radius 1 is 1.33 bits per heavy atom. The molecule has 1 aromatic rings. The van der Waals surface area contributed by atoms with E-state index in [4.69, 9.17) is 0 Å². The van der Waals surface area contributed by atoms with Gasteiger partial charge in [0.15, 0.2) is 0 Å². The molecule has 0 aliphatic rings. The molecule has 0 aromatic heterocycles. The van der Waals surface area contributed by atoms with Crippen molar-refractivity contribution in [3.05, 3.63) is 47.8 Å². The maximum Gasteiger partial charge on any atom is 0.123 e. The third kappa shape index (κ3) is 4.23. The predicted octanol–water partition coefficient (Wildman–Crippen LogP) is 1.98. The Morgan fingerprint density at radius 2 is 1.93 bits per heavy atom. The topological polar surface area (TPSA) is 23.5 Å². The lowest BCUT2D eigenvalue weighted by Crippen LogP contribution is -2.10. The summed E-state index contributed by atoms with van der Waals surface area (Å²) in [5.74, 6) is -0.289. The van der Waals surface area contributed by atoms with Crippen molar-refractivity contribution in [2.75, 3.05) is 20.6 Å². The minimum Gasteiger partial charge on any atom is -0.384 e. The summed E-state index contributed by atoms with van der Waals surface area (Å²) in [7, 11) is 3.91. The second-order valence-corrected chi connectivity index (χ2v) is 3.69. The van der Waals surface area contributed by atoms with E-state index in [1.807, 2.05) is 25.1 Å². The van der Waals surface area contributed by atoms with Crippen molar-refractivity contribution < 1.29 is 9.50 Å². The molecule has 0 heterocycles. The van der Waals surface area contributed by atoms with Crippen molar-refractivity contribution in [3.63, 3.8) is 0 Å². The van der Waals surface area contributed by atoms with Crippen LogP contribution in [0, 0.1) is 5.82 Å². The van der Waals surface area contributed by atoms with Crippen LogP contribution in [0.5, 0.6) is 0 Å². The molecule has 0 fully saturated rings. The smallest absolute Gasteiger partial charge is 0.123 e. The summed E-state index contributed by atoms with van der Waals surface area (Å²) in [6, 6.07) is 5.86. The number of hydrogen-bond donors (Lipinski definition) is 1. The Hall–Kier alpha value is -1.19. The highest BCUT2D eigenvalue weighted by molar-refractivity contribution is 5.21. The van der Waals surface area contributed by atoms with Crippen molar-refractivity contribution in [1.29, 1.82) is 0 Å². The summed E-state index contributed by atoms with van der Waals surface area (Å²) in [6.45, 7) is 0.776. The third-order valence-electron chi connectivity index (χ3n) is 2.00. The fourth-order valence-corrected chi connectivity index (χ4v) is 1.17. The minimum atomic E-state index is -0.662. The molecule has 1 unspecified atom stereocenters. The van der Waals surface area contributed by atoms with E-state index in [9.17, 15) is 9.50 Å². The Balaban J connectivity index is 2.57. The van der Waals surface area contributed by atoms with Gasteiger partial charge in [0.2, 0.25) is 0 Å². The Morgan fingerprint density at radius 3 is 2.47 bits per heavy atom. The van der Waals surface area contributed by atoms with E-state index in [2.05, 4.69) is 0 Å². The maximum absolute atomic E-state index is 12.6. The molecule has 0 bridgehead atoms. The van der Waals surface area contributed by atoms with Crippen LogP contribution in [-0.2, 0) is 0 Å². The average molecular weight is 209 g/mol. The molecule has 0 amide bonds. The number of aliphatic hydroxyl groups excluding tert-OH is 1. The molecule has 3 heteroatoms. The molecule has 0 spiro atoms. The van der Waals surface area contributed by atoms with Crippen LogP contribution in [0.4, 0.5) is 4.39 Å². The molecule has 0 aliphatic carbocycles.